The Morgan fingerprint density at radius 3 is 2.50 bits per heavy atom. The lowest BCUT2D eigenvalue weighted by Crippen LogP contribution is -2.32. The van der Waals surface area contributed by atoms with Crippen LogP contribution in [0.25, 0.3) is 5.69 Å². The van der Waals surface area contributed by atoms with E-state index in [0.717, 1.165) is 29.1 Å². The fraction of sp³-hybridized carbons (Fsp3) is 0.300. The van der Waals surface area contributed by atoms with Crippen LogP contribution in [-0.4, -0.2) is 21.6 Å². The fourth-order valence-corrected chi connectivity index (χ4v) is 3.92. The van der Waals surface area contributed by atoms with Gasteiger partial charge in [-0.25, -0.2) is 0 Å². The first-order chi connectivity index (χ1) is 12.5. The van der Waals surface area contributed by atoms with Crippen LogP contribution >= 0.6 is 11.3 Å². The highest BCUT2D eigenvalue weighted by Gasteiger charge is 2.12. The number of rotatable bonds is 6. The molecular formula is C20H23N3O2S. The number of aromatic nitrogens is 2. The zero-order chi connectivity index (χ0) is 18.7. The quantitative estimate of drug-likeness (QED) is 0.726. The minimum absolute atomic E-state index is 0.0806. The monoisotopic (exact) mass is 369 g/mol. The van der Waals surface area contributed by atoms with Crippen molar-refractivity contribution in [3.05, 3.63) is 74.1 Å². The Kier molecular flexibility index (Phi) is 5.42. The van der Waals surface area contributed by atoms with E-state index in [4.69, 9.17) is 0 Å². The van der Waals surface area contributed by atoms with Crippen LogP contribution < -0.4 is 10.2 Å². The van der Waals surface area contributed by atoms with E-state index in [9.17, 15) is 9.59 Å². The predicted molar refractivity (Wildman–Crippen MR) is 105 cm³/mol. The number of para-hydroxylation sites is 1. The first kappa shape index (κ1) is 18.2. The molecular weight excluding hydrogens is 346 g/mol. The number of carbonyl (C=O) groups is 1. The minimum Gasteiger partial charge on any atom is -0.354 e. The SMILES string of the molecule is Cc1cc(CCNC(=O)Cn2c(C)csc2=O)c(C)n1-c1ccccc1. The molecule has 0 bridgehead atoms. The average molecular weight is 369 g/mol. The Labute approximate surface area is 156 Å². The summed E-state index contributed by atoms with van der Waals surface area (Å²) in [6, 6.07) is 12.4. The summed E-state index contributed by atoms with van der Waals surface area (Å²) in [5.74, 6) is -0.134. The molecule has 0 saturated carbocycles. The highest BCUT2D eigenvalue weighted by atomic mass is 32.1. The number of amides is 1. The molecule has 0 fully saturated rings. The van der Waals surface area contributed by atoms with Gasteiger partial charge in [0.15, 0.2) is 0 Å². The van der Waals surface area contributed by atoms with Crippen molar-refractivity contribution in [2.75, 3.05) is 6.54 Å². The van der Waals surface area contributed by atoms with Gasteiger partial charge in [0.2, 0.25) is 5.91 Å². The highest BCUT2D eigenvalue weighted by molar-refractivity contribution is 7.07. The Hall–Kier alpha value is -2.60. The molecule has 2 aromatic heterocycles. The first-order valence-electron chi connectivity index (χ1n) is 8.62. The Balaban J connectivity index is 1.62. The molecule has 1 N–H and O–H groups in total. The van der Waals surface area contributed by atoms with E-state index >= 15 is 0 Å². The molecule has 3 aromatic rings. The van der Waals surface area contributed by atoms with Crippen molar-refractivity contribution in [2.45, 2.75) is 33.7 Å². The van der Waals surface area contributed by atoms with Crippen LogP contribution in [-0.2, 0) is 17.8 Å². The van der Waals surface area contributed by atoms with E-state index in [1.807, 2.05) is 25.1 Å². The molecule has 26 heavy (non-hydrogen) atoms. The molecule has 3 rings (SSSR count). The van der Waals surface area contributed by atoms with Gasteiger partial charge < -0.3 is 9.88 Å². The van der Waals surface area contributed by atoms with Crippen molar-refractivity contribution in [3.8, 4) is 5.69 Å². The molecule has 1 aromatic carbocycles. The molecule has 5 nitrogen and oxygen atoms in total. The number of hydrogen-bond donors (Lipinski definition) is 1. The molecule has 0 spiro atoms. The second kappa shape index (κ2) is 7.74. The lowest BCUT2D eigenvalue weighted by Gasteiger charge is -2.10. The van der Waals surface area contributed by atoms with Crippen LogP contribution in [0.3, 0.4) is 0 Å². The topological polar surface area (TPSA) is 56.0 Å². The molecule has 0 atom stereocenters. The number of hydrogen-bond acceptors (Lipinski definition) is 3. The van der Waals surface area contributed by atoms with Crippen LogP contribution in [0, 0.1) is 20.8 Å². The summed E-state index contributed by atoms with van der Waals surface area (Å²) in [6.45, 7) is 6.66. The Morgan fingerprint density at radius 2 is 1.85 bits per heavy atom. The molecule has 2 heterocycles. The van der Waals surface area contributed by atoms with Gasteiger partial charge >= 0.3 is 4.87 Å². The largest absolute Gasteiger partial charge is 0.354 e. The number of benzene rings is 1. The van der Waals surface area contributed by atoms with E-state index in [2.05, 4.69) is 41.9 Å². The van der Waals surface area contributed by atoms with Gasteiger partial charge in [0.1, 0.15) is 6.54 Å². The summed E-state index contributed by atoms with van der Waals surface area (Å²) in [4.78, 5) is 23.7. The van der Waals surface area contributed by atoms with Crippen molar-refractivity contribution in [2.24, 2.45) is 0 Å². The van der Waals surface area contributed by atoms with Gasteiger partial charge in [0, 0.05) is 34.7 Å². The number of nitrogens with zero attached hydrogens (tertiary/aromatic N) is 2. The lowest BCUT2D eigenvalue weighted by atomic mass is 10.2. The van der Waals surface area contributed by atoms with E-state index < -0.39 is 0 Å². The summed E-state index contributed by atoms with van der Waals surface area (Å²) in [5, 5.41) is 4.69. The first-order valence-corrected chi connectivity index (χ1v) is 9.50. The van der Waals surface area contributed by atoms with Crippen molar-refractivity contribution in [1.82, 2.24) is 14.5 Å². The third kappa shape index (κ3) is 3.80. The van der Waals surface area contributed by atoms with Gasteiger partial charge in [0.25, 0.3) is 0 Å². The number of carbonyl (C=O) groups excluding carboxylic acids is 1. The normalized spacial score (nSPS) is 10.9. The molecule has 0 aliphatic heterocycles. The third-order valence-electron chi connectivity index (χ3n) is 4.55. The van der Waals surface area contributed by atoms with E-state index in [1.165, 1.54) is 21.5 Å². The van der Waals surface area contributed by atoms with Crippen LogP contribution in [0.2, 0.25) is 0 Å². The molecule has 6 heteroatoms. The van der Waals surface area contributed by atoms with Crippen molar-refractivity contribution in [3.63, 3.8) is 0 Å². The summed E-state index contributed by atoms with van der Waals surface area (Å²) in [7, 11) is 0. The van der Waals surface area contributed by atoms with Gasteiger partial charge in [-0.05, 0) is 51.0 Å². The Bertz CT molecular complexity index is 967. The van der Waals surface area contributed by atoms with Crippen molar-refractivity contribution in [1.29, 1.82) is 0 Å². The van der Waals surface area contributed by atoms with Crippen LogP contribution in [0.1, 0.15) is 22.6 Å². The zero-order valence-corrected chi connectivity index (χ0v) is 16.1. The standard InChI is InChI=1S/C20H23N3O2S/c1-14-11-17(16(3)23(14)18-7-5-4-6-8-18)9-10-21-19(24)12-22-15(2)13-26-20(22)25/h4-8,11,13H,9-10,12H2,1-3H3,(H,21,24). The smallest absolute Gasteiger partial charge is 0.307 e. The molecule has 0 aliphatic rings. The molecule has 136 valence electrons. The van der Waals surface area contributed by atoms with Crippen molar-refractivity contribution < 1.29 is 4.79 Å². The molecule has 0 radical (unpaired) electrons. The molecule has 0 aliphatic carbocycles. The summed E-state index contributed by atoms with van der Waals surface area (Å²) in [5.41, 5.74) is 5.55. The second-order valence-corrected chi connectivity index (χ2v) is 7.22. The third-order valence-corrected chi connectivity index (χ3v) is 5.43. The molecule has 0 unspecified atom stereocenters. The van der Waals surface area contributed by atoms with Gasteiger partial charge in [-0.15, -0.1) is 0 Å². The summed E-state index contributed by atoms with van der Waals surface area (Å²) < 4.78 is 3.73. The molecule has 0 saturated heterocycles. The van der Waals surface area contributed by atoms with Gasteiger partial charge in [0.05, 0.1) is 0 Å². The summed E-state index contributed by atoms with van der Waals surface area (Å²) >= 11 is 1.12. The van der Waals surface area contributed by atoms with Crippen LogP contribution in [0.15, 0.2) is 46.6 Å². The Morgan fingerprint density at radius 1 is 1.12 bits per heavy atom. The summed E-state index contributed by atoms with van der Waals surface area (Å²) in [6.07, 6.45) is 0.760. The van der Waals surface area contributed by atoms with Gasteiger partial charge in [-0.2, -0.15) is 0 Å². The fourth-order valence-electron chi connectivity index (χ4n) is 3.19. The molecule has 1 amide bonds. The predicted octanol–water partition coefficient (Wildman–Crippen LogP) is 2.98. The minimum atomic E-state index is -0.134. The van der Waals surface area contributed by atoms with E-state index in [0.29, 0.717) is 6.54 Å². The van der Waals surface area contributed by atoms with Crippen LogP contribution in [0.4, 0.5) is 0 Å². The van der Waals surface area contributed by atoms with E-state index in [-0.39, 0.29) is 17.3 Å². The number of nitrogens with one attached hydrogen (secondary N) is 1. The number of thiazole rings is 1. The highest BCUT2D eigenvalue weighted by Crippen LogP contribution is 2.20. The lowest BCUT2D eigenvalue weighted by molar-refractivity contribution is -0.121. The van der Waals surface area contributed by atoms with E-state index in [1.54, 1.807) is 5.38 Å². The number of aryl methyl sites for hydroxylation is 2. The maximum absolute atomic E-state index is 12.1. The second-order valence-electron chi connectivity index (χ2n) is 6.40. The average Bonchev–Trinajstić information content (AvgIpc) is 3.08. The van der Waals surface area contributed by atoms with Gasteiger partial charge in [-0.3, -0.25) is 14.2 Å². The van der Waals surface area contributed by atoms with Crippen molar-refractivity contribution >= 4 is 17.2 Å². The van der Waals surface area contributed by atoms with Gasteiger partial charge in [-0.1, -0.05) is 29.5 Å². The maximum atomic E-state index is 12.1. The van der Waals surface area contributed by atoms with Crippen LogP contribution in [0.5, 0.6) is 0 Å². The zero-order valence-electron chi connectivity index (χ0n) is 15.3. The maximum Gasteiger partial charge on any atom is 0.307 e.